The van der Waals surface area contributed by atoms with E-state index in [0.29, 0.717) is 19.6 Å². The summed E-state index contributed by atoms with van der Waals surface area (Å²) in [4.78, 5) is 0. The van der Waals surface area contributed by atoms with Crippen molar-refractivity contribution >= 4 is 67.6 Å². The first-order valence-electron chi connectivity index (χ1n) is 37.0. The third-order valence-electron chi connectivity index (χ3n) is 12.3. The number of nitrogens with zero attached hydrogens (tertiary/aromatic N) is 9. The van der Waals surface area contributed by atoms with Crippen LogP contribution in [0.1, 0.15) is 249 Å². The summed E-state index contributed by atoms with van der Waals surface area (Å²) in [6, 6.07) is 4.17. The summed E-state index contributed by atoms with van der Waals surface area (Å²) in [5.41, 5.74) is 0. The van der Waals surface area contributed by atoms with Gasteiger partial charge in [0.05, 0.1) is 0 Å². The second kappa shape index (κ2) is 48.3. The molecule has 3 aliphatic heterocycles. The van der Waals surface area contributed by atoms with Crippen LogP contribution in [0.3, 0.4) is 0 Å². The first-order chi connectivity index (χ1) is 45.3. The first-order valence-corrected chi connectivity index (χ1v) is 52.3. The fraction of sp³-hybridized carbons (Fsp3) is 0.905. The highest BCUT2D eigenvalue weighted by Crippen LogP contribution is 2.77. The fourth-order valence-corrected chi connectivity index (χ4v) is 54.5. The Morgan fingerprint density at radius 3 is 0.412 bits per heavy atom. The van der Waals surface area contributed by atoms with Gasteiger partial charge in [-0.1, -0.05) is 18.2 Å². The van der Waals surface area contributed by atoms with Crippen molar-refractivity contribution in [3.63, 3.8) is 0 Å². The minimum absolute atomic E-state index is 0. The summed E-state index contributed by atoms with van der Waals surface area (Å²) in [6.07, 6.45) is 5.92. The van der Waals surface area contributed by atoms with Gasteiger partial charge in [0, 0.05) is 110 Å². The number of halogens is 3. The van der Waals surface area contributed by atoms with Gasteiger partial charge < -0.3 is 50.9 Å². The molecule has 0 aromatic carbocycles. The standard InChI is InChI=1S/3C21H52N9P3.3BrH/c3*1-14-15-30-32(24-18(6)7,25-19(8)9)28-31(22-16(2)3,23-17(4)5)29-33(30,26-20(10)11)27-21(12)13;;;/h3*14,16-21,24-27H,1,15H2,2-13H3,(H,22,23);3*1H. The predicted octanol–water partition coefficient (Wildman–Crippen LogP) is 5.43. The van der Waals surface area contributed by atoms with Gasteiger partial charge in [-0.3, -0.25) is 61.0 Å². The van der Waals surface area contributed by atoms with E-state index in [0.717, 1.165) is 0 Å². The summed E-state index contributed by atoms with van der Waals surface area (Å²) >= 11 is 0. The number of hydrogen-bond donors (Lipinski definition) is 18. The van der Waals surface area contributed by atoms with Gasteiger partial charge in [-0.2, -0.15) is 13.3 Å². The molecule has 0 atom stereocenters. The number of rotatable bonds is 39. The van der Waals surface area contributed by atoms with E-state index >= 15 is 0 Å². The van der Waals surface area contributed by atoms with Gasteiger partial charge in [0.15, 0.2) is 45.0 Å². The third kappa shape index (κ3) is 34.8. The van der Waals surface area contributed by atoms with Gasteiger partial charge >= 0.3 is 22.5 Å². The molecule has 0 bridgehead atoms. The Morgan fingerprint density at radius 1 is 0.225 bits per heavy atom. The molecule has 0 radical (unpaired) electrons. The van der Waals surface area contributed by atoms with E-state index in [1.807, 2.05) is 18.2 Å². The molecule has 102 heavy (non-hydrogen) atoms. The zero-order valence-corrected chi connectivity index (χ0v) is 83.4. The molecular weight excluding hydrogens is 1650 g/mol. The number of hydrogen-bond acceptors (Lipinski definition) is 15. The second-order valence-electron chi connectivity index (χ2n) is 31.6. The molecule has 0 aliphatic carbocycles. The summed E-state index contributed by atoms with van der Waals surface area (Å²) in [5.74, 6) is 0. The van der Waals surface area contributed by atoms with Crippen molar-refractivity contribution in [2.75, 3.05) is 19.6 Å². The highest BCUT2D eigenvalue weighted by molar-refractivity contribution is 7.86. The molecule has 3 rings (SSSR count). The van der Waals surface area contributed by atoms with Gasteiger partial charge in [-0.25, -0.2) is 29.5 Å². The Morgan fingerprint density at radius 2 is 0.333 bits per heavy atom. The van der Waals surface area contributed by atoms with Gasteiger partial charge in [-0.15, -0.1) is 46.8 Å². The molecule has 0 fully saturated rings. The molecule has 0 saturated heterocycles. The largest absolute Gasteiger partial charge is 1.00 e. The van der Waals surface area contributed by atoms with Crippen molar-refractivity contribution in [2.24, 2.45) is 27.1 Å². The fourth-order valence-electron chi connectivity index (χ4n) is 11.3. The molecule has 0 amide bonds. The summed E-state index contributed by atoms with van der Waals surface area (Å²) < 4.78 is 52.7. The average Bonchev–Trinajstić information content (AvgIpc) is 0.734. The summed E-state index contributed by atoms with van der Waals surface area (Å²) in [5, 5.41) is 58.3. The lowest BCUT2D eigenvalue weighted by Crippen LogP contribution is -3.00. The lowest BCUT2D eigenvalue weighted by atomic mass is 10.4. The van der Waals surface area contributed by atoms with Gasteiger partial charge in [-0.05, 0) is 249 Å². The van der Waals surface area contributed by atoms with Gasteiger partial charge in [0.1, 0.15) is 18.1 Å². The molecule has 0 unspecified atom stereocenters. The predicted molar refractivity (Wildman–Crippen MR) is 450 cm³/mol. The van der Waals surface area contributed by atoms with Crippen LogP contribution < -0.4 is 141 Å². The lowest BCUT2D eigenvalue weighted by Gasteiger charge is -2.49. The first kappa shape index (κ1) is 108. The van der Waals surface area contributed by atoms with E-state index < -0.39 is 67.6 Å². The molecule has 3 heterocycles. The molecule has 27 nitrogen and oxygen atoms in total. The van der Waals surface area contributed by atoms with Crippen molar-refractivity contribution in [1.29, 1.82) is 0 Å². The molecule has 0 aromatic rings. The molecule has 39 heteroatoms. The highest BCUT2D eigenvalue weighted by atomic mass is 79.9. The summed E-state index contributed by atoms with van der Waals surface area (Å²) in [6.45, 7) is 92.9. The maximum atomic E-state index is 5.65. The van der Waals surface area contributed by atoms with Gasteiger partial charge in [0.2, 0.25) is 0 Å². The van der Waals surface area contributed by atoms with Crippen LogP contribution in [0.2, 0.25) is 0 Å². The maximum absolute atomic E-state index is 5.65. The molecular formula is C63H159Br3N27P9. The van der Waals surface area contributed by atoms with Crippen LogP contribution in [-0.2, 0) is 0 Å². The van der Waals surface area contributed by atoms with Gasteiger partial charge in [0.25, 0.3) is 0 Å². The number of nitrogens with one attached hydrogen (secondary N) is 18. The Kier molecular flexibility index (Phi) is 51.2. The molecule has 0 spiro atoms. The van der Waals surface area contributed by atoms with Crippen LogP contribution in [0.15, 0.2) is 65.1 Å². The smallest absolute Gasteiger partial charge is 0.401 e. The Bertz CT molecular complexity index is 2510. The van der Waals surface area contributed by atoms with Crippen LogP contribution in [0.5, 0.6) is 0 Å². The monoisotopic (exact) mass is 1810 g/mol. The molecule has 0 aromatic heterocycles. The Hall–Kier alpha value is 2.01. The van der Waals surface area contributed by atoms with Crippen molar-refractivity contribution in [3.05, 3.63) is 38.0 Å². The van der Waals surface area contributed by atoms with Crippen molar-refractivity contribution in [2.45, 2.75) is 358 Å². The van der Waals surface area contributed by atoms with Crippen molar-refractivity contribution in [3.8, 4) is 0 Å². The third-order valence-corrected chi connectivity index (χ3v) is 50.2. The van der Waals surface area contributed by atoms with Crippen LogP contribution in [0, 0.1) is 0 Å². The highest BCUT2D eigenvalue weighted by Gasteiger charge is 2.54. The van der Waals surface area contributed by atoms with Crippen LogP contribution in [0.25, 0.3) is 0 Å². The van der Waals surface area contributed by atoms with E-state index in [2.05, 4.69) is 373 Å². The van der Waals surface area contributed by atoms with E-state index in [-0.39, 0.29) is 160 Å². The Labute approximate surface area is 660 Å². The van der Waals surface area contributed by atoms with Crippen molar-refractivity contribution in [1.82, 2.24) is 89.6 Å². The van der Waals surface area contributed by atoms with Crippen LogP contribution >= 0.6 is 67.6 Å². The lowest BCUT2D eigenvalue weighted by molar-refractivity contribution is -0.475. The summed E-state index contributed by atoms with van der Waals surface area (Å²) in [7, 11) is -22.3. The van der Waals surface area contributed by atoms with Crippen molar-refractivity contribution < 1.29 is 65.2 Å². The molecule has 3 aliphatic rings. The average molecular weight is 1810 g/mol. The van der Waals surface area contributed by atoms with Crippen LogP contribution in [0.4, 0.5) is 0 Å². The molecule has 18 N–H and O–H groups in total. The van der Waals surface area contributed by atoms with E-state index in [4.69, 9.17) is 27.1 Å². The molecule has 612 valence electrons. The SMILES string of the molecule is C=CCN1P(NC(C)C)(NC(C)C)=NP(NC(C)C)(=[NH+]C(C)C)N=P1(NC(C)C)NC(C)C.C=CCN1P(NC(C)C)(NC(C)C)=NP(NC(C)C)(=[NH+]C(C)C)N=P1(NC(C)C)NC(C)C.C=CCN1P(NC(C)C)(NC(C)C)=NP(NC(C)C)(=[NH+]C(C)C)N=P1(NC(C)C)NC(C)C.[Br-].[Br-].[Br-]. The minimum Gasteiger partial charge on any atom is -1.00 e. The zero-order chi connectivity index (χ0) is 76.8. The van der Waals surface area contributed by atoms with Crippen LogP contribution in [-0.4, -0.2) is 142 Å². The second-order valence-corrected chi connectivity index (χ2v) is 55.2. The zero-order valence-electron chi connectivity index (χ0n) is 70.6. The van der Waals surface area contributed by atoms with E-state index in [1.54, 1.807) is 0 Å². The van der Waals surface area contributed by atoms with E-state index in [9.17, 15) is 0 Å². The van der Waals surface area contributed by atoms with E-state index in [1.165, 1.54) is 0 Å². The molecule has 0 saturated carbocycles. The normalized spacial score (nSPS) is 19.5. The topological polar surface area (TPSA) is 306 Å². The quantitative estimate of drug-likeness (QED) is 0.0270. The maximum Gasteiger partial charge on any atom is 0.401 e. The minimum atomic E-state index is -2.51. The Balaban J connectivity index is -0.00000142.